The monoisotopic (exact) mass is 584 g/mol. The van der Waals surface area contributed by atoms with E-state index in [1.54, 1.807) is 57.7 Å². The molecule has 5 rings (SSSR count). The summed E-state index contributed by atoms with van der Waals surface area (Å²) in [7, 11) is -2.35. The maximum atomic E-state index is 14.3. The maximum absolute atomic E-state index is 14.3. The van der Waals surface area contributed by atoms with Gasteiger partial charge in [-0.25, -0.2) is 3.63 Å². The number of benzene rings is 3. The molecule has 7 nitrogen and oxygen atoms in total. The topological polar surface area (TPSA) is 88.1 Å². The minimum absolute atomic E-state index is 0.0277. The fourth-order valence-corrected chi connectivity index (χ4v) is 12.5. The van der Waals surface area contributed by atoms with Crippen LogP contribution in [0.2, 0.25) is 0 Å². The molecule has 2 atom stereocenters. The van der Waals surface area contributed by atoms with Crippen LogP contribution in [0.4, 0.5) is 0 Å². The van der Waals surface area contributed by atoms with E-state index in [-0.39, 0.29) is 17.5 Å². The van der Waals surface area contributed by atoms with Gasteiger partial charge in [0.2, 0.25) is 0 Å². The van der Waals surface area contributed by atoms with E-state index in [9.17, 15) is 13.2 Å². The number of ether oxygens (including phenoxy) is 3. The fraction of sp³-hybridized carbons (Fsp3) is 0.387. The number of carbonyl (C=O) groups excluding carboxylic acids is 1. The molecule has 2 unspecified atom stereocenters. The predicted octanol–water partition coefficient (Wildman–Crippen LogP) is 6.65. The highest BCUT2D eigenvalue weighted by Crippen LogP contribution is 2.71. The van der Waals surface area contributed by atoms with Crippen molar-refractivity contribution >= 4 is 26.2 Å². The van der Waals surface area contributed by atoms with E-state index in [1.807, 2.05) is 50.2 Å². The Kier molecular flexibility index (Phi) is 7.44. The van der Waals surface area contributed by atoms with Gasteiger partial charge in [0.25, 0.3) is 10.1 Å². The number of hydrogen-bond acceptors (Lipinski definition) is 7. The van der Waals surface area contributed by atoms with Crippen LogP contribution in [0.1, 0.15) is 33.1 Å². The second kappa shape index (κ2) is 10.4. The molecule has 2 aliphatic carbocycles. The average Bonchev–Trinajstić information content (AvgIpc) is 3.30. The zero-order valence-electron chi connectivity index (χ0n) is 23.5. The molecule has 0 saturated heterocycles. The van der Waals surface area contributed by atoms with Crippen LogP contribution in [-0.4, -0.2) is 41.3 Å². The van der Waals surface area contributed by atoms with Crippen LogP contribution < -0.4 is 14.2 Å². The Morgan fingerprint density at radius 1 is 0.725 bits per heavy atom. The summed E-state index contributed by atoms with van der Waals surface area (Å²) >= 11 is 0. The lowest BCUT2D eigenvalue weighted by Crippen LogP contribution is -2.42. The lowest BCUT2D eigenvalue weighted by Gasteiger charge is -2.41. The SMILES string of the molecule is COc1ccc(S(OS(=O)(=O)CC23CCC(CC2=O)C3(C)C)(c2ccc(OC)cc2)c2ccc(OC)cc2)cc1. The van der Waals surface area contributed by atoms with Gasteiger partial charge < -0.3 is 14.2 Å². The van der Waals surface area contributed by atoms with Crippen molar-refractivity contribution in [2.75, 3.05) is 27.1 Å². The molecule has 3 aromatic carbocycles. The Hall–Kier alpha value is -3.01. The molecule has 2 bridgehead atoms. The van der Waals surface area contributed by atoms with Gasteiger partial charge in [-0.2, -0.15) is 8.42 Å². The van der Waals surface area contributed by atoms with Crippen molar-refractivity contribution in [3.63, 3.8) is 0 Å². The first-order chi connectivity index (χ1) is 19.0. The van der Waals surface area contributed by atoms with Crippen molar-refractivity contribution in [1.29, 1.82) is 0 Å². The van der Waals surface area contributed by atoms with E-state index in [0.29, 0.717) is 44.8 Å². The van der Waals surface area contributed by atoms with Crippen LogP contribution in [0.5, 0.6) is 17.2 Å². The first-order valence-electron chi connectivity index (χ1n) is 13.2. The summed E-state index contributed by atoms with van der Waals surface area (Å²) in [5.74, 6) is 1.78. The molecular weight excluding hydrogens is 548 g/mol. The molecule has 0 radical (unpaired) electrons. The Bertz CT molecular complexity index is 1360. The van der Waals surface area contributed by atoms with Crippen LogP contribution in [0, 0.1) is 16.7 Å². The molecule has 0 spiro atoms. The molecule has 2 aliphatic rings. The number of rotatable bonds is 10. The molecule has 9 heteroatoms. The fourth-order valence-electron chi connectivity index (χ4n) is 6.42. The average molecular weight is 585 g/mol. The number of Topliss-reactive ketones (excluding diaryl/α,β-unsaturated/α-hetero) is 1. The van der Waals surface area contributed by atoms with E-state index < -0.39 is 31.3 Å². The van der Waals surface area contributed by atoms with Crippen molar-refractivity contribution < 1.29 is 31.1 Å². The maximum Gasteiger partial charge on any atom is 0.278 e. The number of fused-ring (bicyclic) bond motifs is 2. The van der Waals surface area contributed by atoms with E-state index in [4.69, 9.17) is 17.8 Å². The first kappa shape index (κ1) is 28.5. The van der Waals surface area contributed by atoms with Gasteiger partial charge in [0.15, 0.2) is 0 Å². The smallest absolute Gasteiger partial charge is 0.278 e. The van der Waals surface area contributed by atoms with Crippen molar-refractivity contribution in [3.05, 3.63) is 72.8 Å². The Labute approximate surface area is 238 Å². The highest BCUT2D eigenvalue weighted by atomic mass is 32.3. The summed E-state index contributed by atoms with van der Waals surface area (Å²) in [4.78, 5) is 15.3. The van der Waals surface area contributed by atoms with Crippen LogP contribution >= 0.6 is 10.3 Å². The molecule has 0 heterocycles. The third-order valence-corrected chi connectivity index (χ3v) is 14.2. The van der Waals surface area contributed by atoms with Gasteiger partial charge in [0.05, 0.1) is 32.5 Å². The van der Waals surface area contributed by atoms with Crippen LogP contribution in [0.25, 0.3) is 0 Å². The third-order valence-electron chi connectivity index (χ3n) is 8.94. The summed E-state index contributed by atoms with van der Waals surface area (Å²) in [5.41, 5.74) is -1.37. The van der Waals surface area contributed by atoms with E-state index in [0.717, 1.165) is 6.42 Å². The largest absolute Gasteiger partial charge is 0.497 e. The molecule has 0 aromatic heterocycles. The van der Waals surface area contributed by atoms with Gasteiger partial charge >= 0.3 is 0 Å². The standard InChI is InChI=1S/C31H36O7S2/c1-30(2)22-18-19-31(30,29(32)20-22)21-39(33,34)38-40(26-12-6-23(35-3)7-13-26,27-14-8-24(36-4)9-15-27)28-16-10-25(37-5)11-17-28/h6-17,22H,18-21H2,1-5H3. The van der Waals surface area contributed by atoms with E-state index in [2.05, 4.69) is 0 Å². The van der Waals surface area contributed by atoms with Crippen molar-refractivity contribution in [1.82, 2.24) is 0 Å². The summed E-state index contributed by atoms with van der Waals surface area (Å²) < 4.78 is 51.3. The van der Waals surface area contributed by atoms with Gasteiger partial charge in [-0.05, 0) is 107 Å². The summed E-state index contributed by atoms with van der Waals surface area (Å²) in [6, 6.07) is 21.8. The van der Waals surface area contributed by atoms with Crippen LogP contribution in [0.3, 0.4) is 0 Å². The second-order valence-electron chi connectivity index (χ2n) is 11.0. The molecule has 3 aromatic rings. The third kappa shape index (κ3) is 4.58. The Balaban J connectivity index is 1.70. The predicted molar refractivity (Wildman–Crippen MR) is 155 cm³/mol. The van der Waals surface area contributed by atoms with Gasteiger partial charge in [-0.3, -0.25) is 4.79 Å². The number of methoxy groups -OCH3 is 3. The molecule has 40 heavy (non-hydrogen) atoms. The Morgan fingerprint density at radius 2 is 1.12 bits per heavy atom. The van der Waals surface area contributed by atoms with Gasteiger partial charge in [-0.15, -0.1) is 0 Å². The zero-order valence-corrected chi connectivity index (χ0v) is 25.1. The summed E-state index contributed by atoms with van der Waals surface area (Å²) in [6.07, 6.45) is 1.83. The van der Waals surface area contributed by atoms with Crippen LogP contribution in [-0.2, 0) is 18.5 Å². The lowest BCUT2D eigenvalue weighted by atomic mass is 9.70. The zero-order chi connectivity index (χ0) is 28.8. The van der Waals surface area contributed by atoms with Crippen molar-refractivity contribution in [2.45, 2.75) is 47.8 Å². The van der Waals surface area contributed by atoms with Crippen LogP contribution in [0.15, 0.2) is 87.5 Å². The molecule has 0 N–H and O–H groups in total. The molecule has 0 aliphatic heterocycles. The van der Waals surface area contributed by atoms with Gasteiger partial charge in [0.1, 0.15) is 23.0 Å². The molecule has 2 saturated carbocycles. The van der Waals surface area contributed by atoms with Gasteiger partial charge in [-0.1, -0.05) is 13.8 Å². The minimum Gasteiger partial charge on any atom is -0.497 e. The van der Waals surface area contributed by atoms with E-state index >= 15 is 0 Å². The minimum atomic E-state index is -4.24. The number of hydrogen-bond donors (Lipinski definition) is 0. The molecule has 0 amide bonds. The lowest BCUT2D eigenvalue weighted by molar-refractivity contribution is -0.128. The highest BCUT2D eigenvalue weighted by molar-refractivity contribution is 8.33. The second-order valence-corrected chi connectivity index (χ2v) is 15.5. The quantitative estimate of drug-likeness (QED) is 0.264. The molecule has 2 fully saturated rings. The van der Waals surface area contributed by atoms with Crippen molar-refractivity contribution in [3.8, 4) is 17.2 Å². The van der Waals surface area contributed by atoms with Gasteiger partial charge in [0, 0.05) is 21.1 Å². The Morgan fingerprint density at radius 3 is 1.43 bits per heavy atom. The van der Waals surface area contributed by atoms with E-state index in [1.165, 1.54) is 0 Å². The van der Waals surface area contributed by atoms with Crippen molar-refractivity contribution in [2.24, 2.45) is 16.7 Å². The number of ketones is 1. The normalized spacial score (nSPS) is 22.2. The highest BCUT2D eigenvalue weighted by Gasteiger charge is 2.65. The summed E-state index contributed by atoms with van der Waals surface area (Å²) in [5, 5.41) is 0. The molecular formula is C31H36O7S2. The molecule has 214 valence electrons. The number of carbonyl (C=O) groups is 1. The first-order valence-corrected chi connectivity index (χ1v) is 16.4. The summed E-state index contributed by atoms with van der Waals surface area (Å²) in [6.45, 7) is 4.06.